The van der Waals surface area contributed by atoms with Crippen LogP contribution in [0, 0.1) is 5.92 Å². The molecule has 2 aromatic carbocycles. The van der Waals surface area contributed by atoms with Gasteiger partial charge in [-0.25, -0.2) is 8.78 Å². The third kappa shape index (κ3) is 5.47. The van der Waals surface area contributed by atoms with Crippen LogP contribution < -0.4 is 4.74 Å². The summed E-state index contributed by atoms with van der Waals surface area (Å²) in [6, 6.07) is 9.05. The smallest absolute Gasteiger partial charge is 0.416 e. The molecule has 0 amide bonds. The first-order valence-corrected chi connectivity index (χ1v) is 9.18. The Balaban J connectivity index is 1.63. The van der Waals surface area contributed by atoms with Crippen LogP contribution in [0.4, 0.5) is 22.0 Å². The largest absolute Gasteiger partial charge is 0.489 e. The molecule has 162 valence electrons. The predicted octanol–water partition coefficient (Wildman–Crippen LogP) is 4.91. The predicted molar refractivity (Wildman–Crippen MR) is 98.2 cm³/mol. The fraction of sp³-hybridized carbons (Fsp3) is 0.381. The summed E-state index contributed by atoms with van der Waals surface area (Å²) >= 11 is 0. The molecular formula is C21H20F5NO3. The fourth-order valence-corrected chi connectivity index (χ4v) is 3.16. The van der Waals surface area contributed by atoms with Gasteiger partial charge in [0, 0.05) is 32.1 Å². The minimum absolute atomic E-state index is 0.00859. The first kappa shape index (κ1) is 22.0. The number of carboxylic acid groups (broad SMARTS) is 1. The van der Waals surface area contributed by atoms with Gasteiger partial charge in [-0.3, -0.25) is 9.69 Å². The Labute approximate surface area is 169 Å². The molecule has 1 aliphatic heterocycles. The van der Waals surface area contributed by atoms with Gasteiger partial charge in [-0.1, -0.05) is 12.1 Å². The van der Waals surface area contributed by atoms with Crippen molar-refractivity contribution in [2.24, 2.45) is 5.92 Å². The molecular weight excluding hydrogens is 409 g/mol. The van der Waals surface area contributed by atoms with Gasteiger partial charge >= 0.3 is 12.1 Å². The number of alkyl halides is 5. The van der Waals surface area contributed by atoms with Crippen LogP contribution >= 0.6 is 0 Å². The second-order valence-corrected chi connectivity index (χ2v) is 7.47. The quantitative estimate of drug-likeness (QED) is 0.636. The number of carboxylic acids is 1. The molecule has 2 aromatic rings. The van der Waals surface area contributed by atoms with E-state index in [1.807, 2.05) is 4.90 Å². The number of likely N-dealkylation sites (tertiary alicyclic amines) is 1. The Morgan fingerprint density at radius 3 is 2.17 bits per heavy atom. The van der Waals surface area contributed by atoms with Crippen LogP contribution in [0.5, 0.6) is 5.75 Å². The molecule has 1 aliphatic rings. The normalized spacial score (nSPS) is 15.7. The van der Waals surface area contributed by atoms with Gasteiger partial charge in [-0.15, -0.1) is 0 Å². The van der Waals surface area contributed by atoms with E-state index >= 15 is 0 Å². The summed E-state index contributed by atoms with van der Waals surface area (Å²) in [6.07, 6.45) is -4.74. The Bertz CT molecular complexity index is 868. The molecule has 1 fully saturated rings. The van der Waals surface area contributed by atoms with E-state index in [4.69, 9.17) is 9.84 Å². The standard InChI is InChI=1S/C21H20F5NO3/c1-20(22,23)16-6-14(7-17(8-16)21(24,25)26)12-30-18-4-2-13(3-5-18)9-27-10-15(11-27)19(28)29/h2-8,15H,9-12H2,1H3,(H,28,29). The third-order valence-electron chi connectivity index (χ3n) is 4.87. The summed E-state index contributed by atoms with van der Waals surface area (Å²) in [4.78, 5) is 12.8. The highest BCUT2D eigenvalue weighted by Gasteiger charge is 2.34. The second kappa shape index (κ2) is 8.22. The number of hydrogen-bond donors (Lipinski definition) is 1. The molecule has 1 heterocycles. The van der Waals surface area contributed by atoms with Crippen molar-refractivity contribution >= 4 is 5.97 Å². The molecule has 0 radical (unpaired) electrons. The van der Waals surface area contributed by atoms with Crippen molar-refractivity contribution in [3.05, 3.63) is 64.7 Å². The molecule has 30 heavy (non-hydrogen) atoms. The lowest BCUT2D eigenvalue weighted by molar-refractivity contribution is -0.147. The Morgan fingerprint density at radius 1 is 1.03 bits per heavy atom. The second-order valence-electron chi connectivity index (χ2n) is 7.47. The van der Waals surface area contributed by atoms with Gasteiger partial charge in [-0.2, -0.15) is 13.2 Å². The zero-order chi connectivity index (χ0) is 22.1. The Kier molecular flexibility index (Phi) is 6.03. The van der Waals surface area contributed by atoms with E-state index in [-0.39, 0.29) is 18.1 Å². The number of benzene rings is 2. The summed E-state index contributed by atoms with van der Waals surface area (Å²) in [7, 11) is 0. The lowest BCUT2D eigenvalue weighted by Gasteiger charge is -2.36. The van der Waals surface area contributed by atoms with Crippen LogP contribution in [0.1, 0.15) is 29.2 Å². The zero-order valence-corrected chi connectivity index (χ0v) is 16.0. The van der Waals surface area contributed by atoms with Gasteiger partial charge in [0.15, 0.2) is 0 Å². The molecule has 0 atom stereocenters. The molecule has 3 rings (SSSR count). The van der Waals surface area contributed by atoms with Crippen molar-refractivity contribution in [2.45, 2.75) is 32.2 Å². The van der Waals surface area contributed by atoms with Crippen molar-refractivity contribution < 1.29 is 36.6 Å². The van der Waals surface area contributed by atoms with Crippen molar-refractivity contribution in [1.29, 1.82) is 0 Å². The van der Waals surface area contributed by atoms with Gasteiger partial charge in [0.25, 0.3) is 5.92 Å². The molecule has 0 saturated carbocycles. The van der Waals surface area contributed by atoms with Crippen LogP contribution in [0.3, 0.4) is 0 Å². The van der Waals surface area contributed by atoms with E-state index in [0.29, 0.717) is 38.4 Å². The Hall–Kier alpha value is -2.68. The first-order valence-electron chi connectivity index (χ1n) is 9.18. The van der Waals surface area contributed by atoms with Gasteiger partial charge < -0.3 is 9.84 Å². The fourth-order valence-electron chi connectivity index (χ4n) is 3.16. The molecule has 0 unspecified atom stereocenters. The summed E-state index contributed by atoms with van der Waals surface area (Å²) in [5.41, 5.74) is -0.950. The maximum atomic E-state index is 13.6. The molecule has 0 spiro atoms. The number of rotatable bonds is 7. The van der Waals surface area contributed by atoms with Crippen LogP contribution in [-0.2, 0) is 30.0 Å². The SMILES string of the molecule is CC(F)(F)c1cc(COc2ccc(CN3CC(C(=O)O)C3)cc2)cc(C(F)(F)F)c1. The van der Waals surface area contributed by atoms with Crippen molar-refractivity contribution in [3.63, 3.8) is 0 Å². The molecule has 4 nitrogen and oxygen atoms in total. The topological polar surface area (TPSA) is 49.8 Å². The first-order chi connectivity index (χ1) is 13.9. The van der Waals surface area contributed by atoms with Gasteiger partial charge in [-0.05, 0) is 41.5 Å². The molecule has 1 N–H and O–H groups in total. The van der Waals surface area contributed by atoms with Crippen molar-refractivity contribution in [2.75, 3.05) is 13.1 Å². The minimum Gasteiger partial charge on any atom is -0.489 e. The minimum atomic E-state index is -4.74. The van der Waals surface area contributed by atoms with Crippen molar-refractivity contribution in [1.82, 2.24) is 4.90 Å². The van der Waals surface area contributed by atoms with E-state index in [9.17, 15) is 26.7 Å². The Morgan fingerprint density at radius 2 is 1.63 bits per heavy atom. The van der Waals surface area contributed by atoms with E-state index in [1.165, 1.54) is 0 Å². The summed E-state index contributed by atoms with van der Waals surface area (Å²) in [6.45, 7) is 1.79. The highest BCUT2D eigenvalue weighted by molar-refractivity contribution is 5.71. The lowest BCUT2D eigenvalue weighted by Crippen LogP contribution is -2.49. The summed E-state index contributed by atoms with van der Waals surface area (Å²) in [5, 5.41) is 8.88. The van der Waals surface area contributed by atoms with Crippen LogP contribution in [-0.4, -0.2) is 29.1 Å². The highest BCUT2D eigenvalue weighted by atomic mass is 19.4. The monoisotopic (exact) mass is 429 g/mol. The van der Waals surface area contributed by atoms with Gasteiger partial charge in [0.1, 0.15) is 12.4 Å². The summed E-state index contributed by atoms with van der Waals surface area (Å²) < 4.78 is 71.7. The average molecular weight is 429 g/mol. The van der Waals surface area contributed by atoms with Crippen molar-refractivity contribution in [3.8, 4) is 5.75 Å². The van der Waals surface area contributed by atoms with Crippen LogP contribution in [0.15, 0.2) is 42.5 Å². The number of hydrogen-bond acceptors (Lipinski definition) is 3. The molecule has 1 saturated heterocycles. The maximum Gasteiger partial charge on any atom is 0.416 e. The third-order valence-corrected chi connectivity index (χ3v) is 4.87. The van der Waals surface area contributed by atoms with E-state index in [2.05, 4.69) is 0 Å². The highest BCUT2D eigenvalue weighted by Crippen LogP contribution is 2.35. The zero-order valence-electron chi connectivity index (χ0n) is 16.0. The average Bonchev–Trinajstić information content (AvgIpc) is 2.61. The number of ether oxygens (including phenoxy) is 1. The molecule has 0 aromatic heterocycles. The number of aliphatic carboxylic acids is 1. The van der Waals surface area contributed by atoms with E-state index < -0.39 is 29.2 Å². The molecule has 0 aliphatic carbocycles. The molecule has 0 bridgehead atoms. The van der Waals surface area contributed by atoms with Gasteiger partial charge in [0.05, 0.1) is 11.5 Å². The number of halogens is 5. The van der Waals surface area contributed by atoms with E-state index in [1.54, 1.807) is 24.3 Å². The number of carbonyl (C=O) groups is 1. The summed E-state index contributed by atoms with van der Waals surface area (Å²) in [5.74, 6) is -4.18. The van der Waals surface area contributed by atoms with Crippen LogP contribution in [0.25, 0.3) is 0 Å². The van der Waals surface area contributed by atoms with E-state index in [0.717, 1.165) is 17.7 Å². The molecule has 9 heteroatoms. The maximum absolute atomic E-state index is 13.6. The van der Waals surface area contributed by atoms with Crippen LogP contribution in [0.2, 0.25) is 0 Å². The van der Waals surface area contributed by atoms with Gasteiger partial charge in [0.2, 0.25) is 0 Å². The number of nitrogens with zero attached hydrogens (tertiary/aromatic N) is 1. The lowest BCUT2D eigenvalue weighted by atomic mass is 10.00.